The molecule has 3 nitrogen and oxygen atoms in total. The van der Waals surface area contributed by atoms with E-state index in [0.29, 0.717) is 11.5 Å². The third-order valence-electron chi connectivity index (χ3n) is 3.24. The molecule has 0 aliphatic heterocycles. The number of hydrogen-bond acceptors (Lipinski definition) is 3. The van der Waals surface area contributed by atoms with Crippen molar-refractivity contribution in [3.05, 3.63) is 29.1 Å². The highest BCUT2D eigenvalue weighted by atomic mass is 19.1. The molecule has 16 heavy (non-hydrogen) atoms. The SMILES string of the molecule is N#Cc1cc(F)c(O)c([C@@H](N)C2CCC2)c1. The van der Waals surface area contributed by atoms with E-state index in [1.54, 1.807) is 0 Å². The summed E-state index contributed by atoms with van der Waals surface area (Å²) in [6.07, 6.45) is 3.12. The number of benzene rings is 1. The molecule has 0 saturated heterocycles. The number of halogens is 1. The molecule has 0 unspecified atom stereocenters. The molecule has 4 heteroatoms. The summed E-state index contributed by atoms with van der Waals surface area (Å²) < 4.78 is 13.3. The Bertz CT molecular complexity index is 449. The molecule has 0 bridgehead atoms. The summed E-state index contributed by atoms with van der Waals surface area (Å²) >= 11 is 0. The summed E-state index contributed by atoms with van der Waals surface area (Å²) in [6.45, 7) is 0. The van der Waals surface area contributed by atoms with Crippen LogP contribution in [0.5, 0.6) is 5.75 Å². The van der Waals surface area contributed by atoms with Crippen molar-refractivity contribution >= 4 is 0 Å². The lowest BCUT2D eigenvalue weighted by Gasteiger charge is -2.31. The quantitative estimate of drug-likeness (QED) is 0.802. The minimum absolute atomic E-state index is 0.195. The Labute approximate surface area is 93.3 Å². The number of nitrogens with two attached hydrogens (primary N) is 1. The number of phenols is 1. The van der Waals surface area contributed by atoms with Gasteiger partial charge >= 0.3 is 0 Å². The summed E-state index contributed by atoms with van der Waals surface area (Å²) in [5, 5.41) is 18.3. The van der Waals surface area contributed by atoms with Crippen molar-refractivity contribution < 1.29 is 9.50 Å². The van der Waals surface area contributed by atoms with E-state index >= 15 is 0 Å². The van der Waals surface area contributed by atoms with Crippen LogP contribution in [0, 0.1) is 23.1 Å². The number of phenolic OH excluding ortho intramolecular Hbond substituents is 1. The highest BCUT2D eigenvalue weighted by Crippen LogP contribution is 2.39. The van der Waals surface area contributed by atoms with Crippen LogP contribution in [0.1, 0.15) is 36.4 Å². The Kier molecular flexibility index (Phi) is 2.80. The highest BCUT2D eigenvalue weighted by molar-refractivity contribution is 5.44. The van der Waals surface area contributed by atoms with Gasteiger partial charge in [0.05, 0.1) is 11.6 Å². The van der Waals surface area contributed by atoms with Gasteiger partial charge in [-0.3, -0.25) is 0 Å². The molecule has 1 aromatic carbocycles. The average molecular weight is 220 g/mol. The molecule has 0 aromatic heterocycles. The van der Waals surface area contributed by atoms with Crippen molar-refractivity contribution in [2.75, 3.05) is 0 Å². The van der Waals surface area contributed by atoms with Crippen molar-refractivity contribution in [3.63, 3.8) is 0 Å². The smallest absolute Gasteiger partial charge is 0.166 e. The lowest BCUT2D eigenvalue weighted by molar-refractivity contribution is 0.259. The Hall–Kier alpha value is -1.60. The van der Waals surface area contributed by atoms with Crippen LogP contribution < -0.4 is 5.73 Å². The van der Waals surface area contributed by atoms with Crippen LogP contribution in [0.15, 0.2) is 12.1 Å². The molecule has 1 aliphatic carbocycles. The molecule has 1 aliphatic rings. The molecule has 1 fully saturated rings. The van der Waals surface area contributed by atoms with Gasteiger partial charge in [-0.2, -0.15) is 5.26 Å². The van der Waals surface area contributed by atoms with E-state index in [0.717, 1.165) is 25.3 Å². The van der Waals surface area contributed by atoms with E-state index in [9.17, 15) is 9.50 Å². The molecule has 1 saturated carbocycles. The third-order valence-corrected chi connectivity index (χ3v) is 3.24. The molecule has 2 rings (SSSR count). The van der Waals surface area contributed by atoms with Gasteiger partial charge < -0.3 is 10.8 Å². The van der Waals surface area contributed by atoms with Crippen molar-refractivity contribution in [2.45, 2.75) is 25.3 Å². The molecule has 1 atom stereocenters. The minimum Gasteiger partial charge on any atom is -0.505 e. The molecule has 1 aromatic rings. The first kappa shape index (κ1) is 10.9. The monoisotopic (exact) mass is 220 g/mol. The Morgan fingerprint density at radius 3 is 2.69 bits per heavy atom. The normalized spacial score (nSPS) is 17.6. The second kappa shape index (κ2) is 4.11. The molecule has 0 radical (unpaired) electrons. The highest BCUT2D eigenvalue weighted by Gasteiger charge is 2.28. The van der Waals surface area contributed by atoms with Crippen molar-refractivity contribution in [3.8, 4) is 11.8 Å². The number of hydrogen-bond donors (Lipinski definition) is 2. The molecule has 0 heterocycles. The first-order valence-electron chi connectivity index (χ1n) is 5.31. The summed E-state index contributed by atoms with van der Waals surface area (Å²) in [4.78, 5) is 0. The largest absolute Gasteiger partial charge is 0.505 e. The summed E-state index contributed by atoms with van der Waals surface area (Å²) in [7, 11) is 0. The van der Waals surface area contributed by atoms with E-state index < -0.39 is 11.6 Å². The van der Waals surface area contributed by atoms with E-state index in [1.165, 1.54) is 6.07 Å². The molecule has 84 valence electrons. The van der Waals surface area contributed by atoms with Crippen molar-refractivity contribution in [1.82, 2.24) is 0 Å². The van der Waals surface area contributed by atoms with Crippen LogP contribution in [0.25, 0.3) is 0 Å². The topological polar surface area (TPSA) is 70.0 Å². The fourth-order valence-corrected chi connectivity index (χ4v) is 1.99. The standard InChI is InChI=1S/C12H13FN2O/c13-10-5-7(6-14)4-9(12(10)16)11(15)8-2-1-3-8/h4-5,8,11,16H,1-3,15H2/t11-/m0/s1. The van der Waals surface area contributed by atoms with Crippen LogP contribution in [-0.4, -0.2) is 5.11 Å². The lowest BCUT2D eigenvalue weighted by Crippen LogP contribution is -2.27. The lowest BCUT2D eigenvalue weighted by atomic mass is 9.77. The van der Waals surface area contributed by atoms with Gasteiger partial charge in [0.1, 0.15) is 0 Å². The van der Waals surface area contributed by atoms with E-state index in [4.69, 9.17) is 11.0 Å². The zero-order valence-electron chi connectivity index (χ0n) is 8.78. The predicted molar refractivity (Wildman–Crippen MR) is 57.0 cm³/mol. The predicted octanol–water partition coefficient (Wildman–Crippen LogP) is 2.20. The zero-order valence-corrected chi connectivity index (χ0v) is 8.78. The fourth-order valence-electron chi connectivity index (χ4n) is 1.99. The maximum Gasteiger partial charge on any atom is 0.166 e. The van der Waals surface area contributed by atoms with Gasteiger partial charge in [0.25, 0.3) is 0 Å². The second-order valence-corrected chi connectivity index (χ2v) is 4.22. The number of aromatic hydroxyl groups is 1. The molecule has 0 amide bonds. The zero-order chi connectivity index (χ0) is 11.7. The Morgan fingerprint density at radius 1 is 1.50 bits per heavy atom. The van der Waals surface area contributed by atoms with Gasteiger partial charge in [0.15, 0.2) is 11.6 Å². The van der Waals surface area contributed by atoms with Gasteiger partial charge in [0, 0.05) is 11.6 Å². The Morgan fingerprint density at radius 2 is 2.19 bits per heavy atom. The van der Waals surface area contributed by atoms with E-state index in [1.807, 2.05) is 6.07 Å². The third kappa shape index (κ3) is 1.74. The van der Waals surface area contributed by atoms with E-state index in [2.05, 4.69) is 0 Å². The van der Waals surface area contributed by atoms with Crippen molar-refractivity contribution in [2.24, 2.45) is 11.7 Å². The van der Waals surface area contributed by atoms with Crippen LogP contribution in [0.4, 0.5) is 4.39 Å². The summed E-state index contributed by atoms with van der Waals surface area (Å²) in [5.74, 6) is -0.901. The first-order chi connectivity index (χ1) is 7.63. The molecular formula is C12H13FN2O. The summed E-state index contributed by atoms with van der Waals surface area (Å²) in [6, 6.07) is 3.97. The van der Waals surface area contributed by atoms with Crippen molar-refractivity contribution in [1.29, 1.82) is 5.26 Å². The van der Waals surface area contributed by atoms with Gasteiger partial charge in [0.2, 0.25) is 0 Å². The summed E-state index contributed by atoms with van der Waals surface area (Å²) in [5.41, 5.74) is 6.50. The molecule has 3 N–H and O–H groups in total. The van der Waals surface area contributed by atoms with Gasteiger partial charge in [-0.15, -0.1) is 0 Å². The van der Waals surface area contributed by atoms with Gasteiger partial charge in [-0.05, 0) is 30.9 Å². The van der Waals surface area contributed by atoms with Crippen LogP contribution in [0.2, 0.25) is 0 Å². The maximum atomic E-state index is 13.3. The molecular weight excluding hydrogens is 207 g/mol. The average Bonchev–Trinajstić information content (AvgIpc) is 2.19. The number of nitriles is 1. The number of nitrogens with zero attached hydrogens (tertiary/aromatic N) is 1. The Balaban J connectivity index is 2.38. The number of rotatable bonds is 2. The van der Waals surface area contributed by atoms with Crippen LogP contribution in [-0.2, 0) is 0 Å². The van der Waals surface area contributed by atoms with Crippen LogP contribution >= 0.6 is 0 Å². The van der Waals surface area contributed by atoms with Crippen LogP contribution in [0.3, 0.4) is 0 Å². The van der Waals surface area contributed by atoms with Gasteiger partial charge in [-0.1, -0.05) is 6.42 Å². The second-order valence-electron chi connectivity index (χ2n) is 4.22. The van der Waals surface area contributed by atoms with E-state index in [-0.39, 0.29) is 11.6 Å². The fraction of sp³-hybridized carbons (Fsp3) is 0.417. The van der Waals surface area contributed by atoms with Gasteiger partial charge in [-0.25, -0.2) is 4.39 Å². The first-order valence-corrected chi connectivity index (χ1v) is 5.31. The molecule has 0 spiro atoms. The minimum atomic E-state index is -0.774. The maximum absolute atomic E-state index is 13.3.